The van der Waals surface area contributed by atoms with Gasteiger partial charge in [0.25, 0.3) is 5.91 Å². The number of carbonyl (C=O) groups excluding carboxylic acids is 1. The van der Waals surface area contributed by atoms with E-state index in [1.807, 2.05) is 0 Å². The Labute approximate surface area is 141 Å². The second kappa shape index (κ2) is 7.54. The van der Waals surface area contributed by atoms with Gasteiger partial charge in [0.05, 0.1) is 21.3 Å². The van der Waals surface area contributed by atoms with Gasteiger partial charge >= 0.3 is 0 Å². The van der Waals surface area contributed by atoms with Crippen molar-refractivity contribution in [2.24, 2.45) is 5.10 Å². The van der Waals surface area contributed by atoms with Gasteiger partial charge in [-0.15, -0.1) is 0 Å². The molecule has 0 aliphatic heterocycles. The highest BCUT2D eigenvalue weighted by molar-refractivity contribution is 6.43. The zero-order valence-corrected chi connectivity index (χ0v) is 13.7. The van der Waals surface area contributed by atoms with Crippen molar-refractivity contribution in [1.29, 1.82) is 0 Å². The lowest BCUT2D eigenvalue weighted by atomic mass is 10.3. The molecule has 2 aromatic rings. The summed E-state index contributed by atoms with van der Waals surface area (Å²) < 4.78 is 10.4. The lowest BCUT2D eigenvalue weighted by Crippen LogP contribution is -2.25. The van der Waals surface area contributed by atoms with Crippen LogP contribution in [0.4, 0.5) is 0 Å². The van der Waals surface area contributed by atoms with Crippen LogP contribution in [-0.2, 0) is 4.79 Å². The van der Waals surface area contributed by atoms with Crippen LogP contribution in [0.3, 0.4) is 0 Å². The number of carbonyl (C=O) groups is 1. The van der Waals surface area contributed by atoms with Crippen molar-refractivity contribution in [1.82, 2.24) is 5.43 Å². The Hall–Kier alpha value is -1.69. The van der Waals surface area contributed by atoms with Crippen LogP contribution in [0.2, 0.25) is 15.1 Å². The minimum Gasteiger partial charge on any atom is -0.482 e. The molecule has 0 radical (unpaired) electrons. The summed E-state index contributed by atoms with van der Waals surface area (Å²) in [4.78, 5) is 11.7. The van der Waals surface area contributed by atoms with Crippen molar-refractivity contribution in [3.63, 3.8) is 0 Å². The summed E-state index contributed by atoms with van der Waals surface area (Å²) in [5.74, 6) is 0.375. The molecule has 0 fully saturated rings. The average molecular weight is 362 g/mol. The maximum Gasteiger partial charge on any atom is 0.277 e. The van der Waals surface area contributed by atoms with Crippen LogP contribution in [0.1, 0.15) is 12.7 Å². The Morgan fingerprint density at radius 3 is 2.68 bits per heavy atom. The fourth-order valence-corrected chi connectivity index (χ4v) is 2.07. The van der Waals surface area contributed by atoms with E-state index in [2.05, 4.69) is 10.5 Å². The normalized spacial score (nSPS) is 11.4. The van der Waals surface area contributed by atoms with Crippen LogP contribution in [0.25, 0.3) is 0 Å². The van der Waals surface area contributed by atoms with Crippen molar-refractivity contribution < 1.29 is 13.9 Å². The summed E-state index contributed by atoms with van der Waals surface area (Å²) in [6.07, 6.45) is 1.52. The van der Waals surface area contributed by atoms with Gasteiger partial charge < -0.3 is 9.15 Å². The Kier molecular flexibility index (Phi) is 5.71. The molecule has 22 heavy (non-hydrogen) atoms. The number of hydrazone groups is 1. The minimum atomic E-state index is -0.451. The highest BCUT2D eigenvalue weighted by Crippen LogP contribution is 2.33. The lowest BCUT2D eigenvalue weighted by Gasteiger charge is -2.08. The fourth-order valence-electron chi connectivity index (χ4n) is 1.48. The van der Waals surface area contributed by atoms with Gasteiger partial charge in [0, 0.05) is 6.07 Å². The first-order valence-corrected chi connectivity index (χ1v) is 7.25. The van der Waals surface area contributed by atoms with E-state index < -0.39 is 5.91 Å². The van der Waals surface area contributed by atoms with E-state index in [-0.39, 0.29) is 22.4 Å². The van der Waals surface area contributed by atoms with E-state index in [1.165, 1.54) is 18.4 Å². The van der Waals surface area contributed by atoms with Gasteiger partial charge in [0.2, 0.25) is 0 Å². The van der Waals surface area contributed by atoms with Gasteiger partial charge in [-0.3, -0.25) is 4.79 Å². The number of benzene rings is 1. The SMILES string of the molecule is C/C(=N\NC(=O)COc1cc(Cl)c(Cl)cc1Cl)c1ccco1. The third-order valence-electron chi connectivity index (χ3n) is 2.56. The molecule has 5 nitrogen and oxygen atoms in total. The van der Waals surface area contributed by atoms with Gasteiger partial charge in [-0.25, -0.2) is 5.43 Å². The van der Waals surface area contributed by atoms with Crippen LogP contribution >= 0.6 is 34.8 Å². The van der Waals surface area contributed by atoms with Gasteiger partial charge in [-0.1, -0.05) is 34.8 Å². The van der Waals surface area contributed by atoms with Crippen molar-refractivity contribution in [2.75, 3.05) is 6.61 Å². The van der Waals surface area contributed by atoms with Crippen LogP contribution < -0.4 is 10.2 Å². The summed E-state index contributed by atoms with van der Waals surface area (Å²) in [7, 11) is 0. The average Bonchev–Trinajstić information content (AvgIpc) is 3.01. The Morgan fingerprint density at radius 2 is 2.00 bits per heavy atom. The molecule has 0 atom stereocenters. The largest absolute Gasteiger partial charge is 0.482 e. The molecule has 8 heteroatoms. The van der Waals surface area contributed by atoms with Crippen LogP contribution in [0.5, 0.6) is 5.75 Å². The molecule has 0 aliphatic carbocycles. The molecule has 0 saturated carbocycles. The van der Waals surface area contributed by atoms with Crippen molar-refractivity contribution >= 4 is 46.4 Å². The monoisotopic (exact) mass is 360 g/mol. The van der Waals surface area contributed by atoms with Crippen molar-refractivity contribution in [3.8, 4) is 5.75 Å². The smallest absolute Gasteiger partial charge is 0.277 e. The fraction of sp³-hybridized carbons (Fsp3) is 0.143. The zero-order chi connectivity index (χ0) is 16.1. The number of rotatable bonds is 5. The minimum absolute atomic E-state index is 0.262. The van der Waals surface area contributed by atoms with Gasteiger partial charge in [-0.05, 0) is 25.1 Å². The Balaban J connectivity index is 1.91. The molecule has 0 saturated heterocycles. The summed E-state index contributed by atoms with van der Waals surface area (Å²) in [5, 5.41) is 4.75. The lowest BCUT2D eigenvalue weighted by molar-refractivity contribution is -0.123. The maximum absolute atomic E-state index is 11.7. The molecule has 116 valence electrons. The predicted molar refractivity (Wildman–Crippen MR) is 86.0 cm³/mol. The van der Waals surface area contributed by atoms with Crippen LogP contribution in [0, 0.1) is 0 Å². The molecule has 1 heterocycles. The topological polar surface area (TPSA) is 63.8 Å². The molecular formula is C14H11Cl3N2O3. The highest BCUT2D eigenvalue weighted by Gasteiger charge is 2.09. The molecule has 0 spiro atoms. The van der Waals surface area contributed by atoms with Crippen molar-refractivity contribution in [2.45, 2.75) is 6.92 Å². The first kappa shape index (κ1) is 16.7. The number of hydrogen-bond donors (Lipinski definition) is 1. The number of halogens is 3. The van der Waals surface area contributed by atoms with Gasteiger partial charge in [0.1, 0.15) is 17.2 Å². The maximum atomic E-state index is 11.7. The highest BCUT2D eigenvalue weighted by atomic mass is 35.5. The number of amides is 1. The van der Waals surface area contributed by atoms with E-state index in [1.54, 1.807) is 19.1 Å². The molecule has 1 aromatic carbocycles. The molecule has 1 N–H and O–H groups in total. The number of hydrogen-bond acceptors (Lipinski definition) is 4. The third-order valence-corrected chi connectivity index (χ3v) is 3.58. The quantitative estimate of drug-likeness (QED) is 0.494. The van der Waals surface area contributed by atoms with Crippen LogP contribution in [-0.4, -0.2) is 18.2 Å². The number of furan rings is 1. The number of ether oxygens (including phenoxy) is 1. The first-order chi connectivity index (χ1) is 10.5. The summed E-state index contributed by atoms with van der Waals surface area (Å²) >= 11 is 17.6. The van der Waals surface area contributed by atoms with E-state index >= 15 is 0 Å². The summed E-state index contributed by atoms with van der Waals surface area (Å²) in [6, 6.07) is 6.34. The molecule has 0 aliphatic rings. The molecule has 0 bridgehead atoms. The van der Waals surface area contributed by atoms with Crippen LogP contribution in [0.15, 0.2) is 40.0 Å². The first-order valence-electron chi connectivity index (χ1n) is 6.11. The molecule has 1 amide bonds. The Bertz CT molecular complexity index is 700. The van der Waals surface area contributed by atoms with Gasteiger partial charge in [0.15, 0.2) is 6.61 Å². The Morgan fingerprint density at radius 1 is 1.27 bits per heavy atom. The predicted octanol–water partition coefficient (Wildman–Crippen LogP) is 4.16. The number of nitrogens with zero attached hydrogens (tertiary/aromatic N) is 1. The molecule has 1 aromatic heterocycles. The van der Waals surface area contributed by atoms with E-state index in [4.69, 9.17) is 44.0 Å². The summed E-state index contributed by atoms with van der Waals surface area (Å²) in [6.45, 7) is 1.43. The van der Waals surface area contributed by atoms with Crippen molar-refractivity contribution in [3.05, 3.63) is 51.4 Å². The molecule has 0 unspecified atom stereocenters. The van der Waals surface area contributed by atoms with E-state index in [0.717, 1.165) is 0 Å². The zero-order valence-electron chi connectivity index (χ0n) is 11.4. The third kappa shape index (κ3) is 4.40. The van der Waals surface area contributed by atoms with Gasteiger partial charge in [-0.2, -0.15) is 5.10 Å². The number of nitrogens with one attached hydrogen (secondary N) is 1. The second-order valence-electron chi connectivity index (χ2n) is 4.19. The molecular weight excluding hydrogens is 351 g/mol. The van der Waals surface area contributed by atoms with E-state index in [9.17, 15) is 4.79 Å². The second-order valence-corrected chi connectivity index (χ2v) is 5.42. The standard InChI is InChI=1S/C14H11Cl3N2O3/c1-8(12-3-2-4-21-12)18-19-14(20)7-22-13-6-10(16)9(15)5-11(13)17/h2-6H,7H2,1H3,(H,19,20)/b18-8+. The summed E-state index contributed by atoms with van der Waals surface area (Å²) in [5.41, 5.74) is 2.88. The molecule has 2 rings (SSSR count). The van der Waals surface area contributed by atoms with E-state index in [0.29, 0.717) is 16.5 Å².